The Labute approximate surface area is 169 Å². The number of urea groups is 1. The number of amides is 3. The van der Waals surface area contributed by atoms with Crippen LogP contribution in [0.15, 0.2) is 66.9 Å². The minimum absolute atomic E-state index is 0.127. The van der Waals surface area contributed by atoms with Crippen molar-refractivity contribution in [3.63, 3.8) is 0 Å². The van der Waals surface area contributed by atoms with Crippen molar-refractivity contribution in [3.8, 4) is 11.3 Å². The smallest absolute Gasteiger partial charge is 0.317 e. The molecule has 0 aliphatic carbocycles. The molecule has 4 rings (SSSR count). The van der Waals surface area contributed by atoms with Gasteiger partial charge in [-0.15, -0.1) is 0 Å². The number of hydrogen-bond acceptors (Lipinski definition) is 3. The van der Waals surface area contributed by atoms with Gasteiger partial charge in [0.25, 0.3) is 0 Å². The van der Waals surface area contributed by atoms with Crippen molar-refractivity contribution in [1.29, 1.82) is 0 Å². The predicted molar refractivity (Wildman–Crippen MR) is 111 cm³/mol. The number of nitrogens with zero attached hydrogens (tertiary/aromatic N) is 2. The summed E-state index contributed by atoms with van der Waals surface area (Å²) in [6.45, 7) is 1.44. The number of hydrogen-bond donors (Lipinski definition) is 2. The van der Waals surface area contributed by atoms with Crippen molar-refractivity contribution >= 4 is 11.9 Å². The van der Waals surface area contributed by atoms with Gasteiger partial charge in [0.2, 0.25) is 5.91 Å². The predicted octanol–water partition coefficient (Wildman–Crippen LogP) is 3.12. The molecular weight excluding hydrogens is 364 g/mol. The molecule has 3 amide bonds. The van der Waals surface area contributed by atoms with E-state index in [0.717, 1.165) is 27.9 Å². The van der Waals surface area contributed by atoms with Gasteiger partial charge in [-0.3, -0.25) is 9.78 Å². The molecule has 29 heavy (non-hydrogen) atoms. The quantitative estimate of drug-likeness (QED) is 0.722. The fraction of sp³-hybridized carbons (Fsp3) is 0.174. The van der Waals surface area contributed by atoms with Crippen molar-refractivity contribution in [2.24, 2.45) is 5.73 Å². The van der Waals surface area contributed by atoms with Crippen molar-refractivity contribution in [2.45, 2.75) is 19.5 Å². The molecule has 1 aromatic heterocycles. The van der Waals surface area contributed by atoms with Gasteiger partial charge in [-0.05, 0) is 41.3 Å². The van der Waals surface area contributed by atoms with Crippen molar-refractivity contribution in [1.82, 2.24) is 15.2 Å². The van der Waals surface area contributed by atoms with E-state index >= 15 is 0 Å². The SMILES string of the molecule is NC(=O)c1cccc2c1CCN(C(=O)NCc1ccnc(-c3ccccc3)c1)C2. The normalized spacial score (nSPS) is 12.9. The van der Waals surface area contributed by atoms with Gasteiger partial charge in [0, 0.05) is 37.0 Å². The second kappa shape index (κ2) is 8.14. The Morgan fingerprint density at radius 3 is 2.69 bits per heavy atom. The fourth-order valence-electron chi connectivity index (χ4n) is 3.65. The van der Waals surface area contributed by atoms with E-state index in [1.807, 2.05) is 54.6 Å². The number of pyridine rings is 1. The van der Waals surface area contributed by atoms with Crippen LogP contribution in [0, 0.1) is 0 Å². The van der Waals surface area contributed by atoms with E-state index < -0.39 is 5.91 Å². The number of benzene rings is 2. The average Bonchev–Trinajstić information content (AvgIpc) is 2.77. The number of fused-ring (bicyclic) bond motifs is 1. The molecule has 1 aliphatic rings. The third-order valence-corrected chi connectivity index (χ3v) is 5.16. The van der Waals surface area contributed by atoms with Gasteiger partial charge in [0.05, 0.1) is 5.69 Å². The lowest BCUT2D eigenvalue weighted by atomic mass is 9.94. The van der Waals surface area contributed by atoms with Crippen LogP contribution in [0.4, 0.5) is 4.79 Å². The standard InChI is InChI=1S/C23H22N4O2/c24-22(28)20-8-4-7-18-15-27(12-10-19(18)20)23(29)26-14-16-9-11-25-21(13-16)17-5-2-1-3-6-17/h1-9,11,13H,10,12,14-15H2,(H2,24,28)(H,26,29). The molecule has 0 spiro atoms. The van der Waals surface area contributed by atoms with Crippen LogP contribution in [-0.2, 0) is 19.5 Å². The van der Waals surface area contributed by atoms with Gasteiger partial charge < -0.3 is 16.0 Å². The highest BCUT2D eigenvalue weighted by atomic mass is 16.2. The first kappa shape index (κ1) is 18.7. The van der Waals surface area contributed by atoms with Crippen molar-refractivity contribution < 1.29 is 9.59 Å². The molecule has 6 heteroatoms. The van der Waals surface area contributed by atoms with Gasteiger partial charge in [-0.2, -0.15) is 0 Å². The monoisotopic (exact) mass is 386 g/mol. The van der Waals surface area contributed by atoms with Gasteiger partial charge in [0.15, 0.2) is 0 Å². The van der Waals surface area contributed by atoms with E-state index in [9.17, 15) is 9.59 Å². The van der Waals surface area contributed by atoms with Gasteiger partial charge in [0.1, 0.15) is 0 Å². The number of carbonyl (C=O) groups is 2. The second-order valence-electron chi connectivity index (χ2n) is 7.05. The summed E-state index contributed by atoms with van der Waals surface area (Å²) >= 11 is 0. The zero-order valence-electron chi connectivity index (χ0n) is 16.0. The van der Waals surface area contributed by atoms with Crippen LogP contribution >= 0.6 is 0 Å². The molecule has 2 heterocycles. The van der Waals surface area contributed by atoms with Crippen molar-refractivity contribution in [3.05, 3.63) is 89.1 Å². The van der Waals surface area contributed by atoms with Crippen LogP contribution < -0.4 is 11.1 Å². The lowest BCUT2D eigenvalue weighted by Gasteiger charge is -2.30. The van der Waals surface area contributed by atoms with E-state index in [-0.39, 0.29) is 6.03 Å². The number of nitrogens with one attached hydrogen (secondary N) is 1. The van der Waals surface area contributed by atoms with Gasteiger partial charge >= 0.3 is 6.03 Å². The molecule has 0 bridgehead atoms. The summed E-state index contributed by atoms with van der Waals surface area (Å²) in [4.78, 5) is 30.4. The van der Waals surface area contributed by atoms with Crippen LogP contribution in [0.1, 0.15) is 27.0 Å². The number of nitrogens with two attached hydrogens (primary N) is 1. The summed E-state index contributed by atoms with van der Waals surface area (Å²) in [5.74, 6) is -0.424. The Kier molecular flexibility index (Phi) is 5.24. The highest BCUT2D eigenvalue weighted by molar-refractivity contribution is 5.94. The van der Waals surface area contributed by atoms with E-state index in [4.69, 9.17) is 5.73 Å². The van der Waals surface area contributed by atoms with Crippen LogP contribution in [-0.4, -0.2) is 28.4 Å². The number of rotatable bonds is 4. The lowest BCUT2D eigenvalue weighted by Crippen LogP contribution is -2.42. The first-order valence-corrected chi connectivity index (χ1v) is 9.55. The van der Waals surface area contributed by atoms with Crippen LogP contribution in [0.25, 0.3) is 11.3 Å². The molecule has 146 valence electrons. The van der Waals surface area contributed by atoms with E-state index in [2.05, 4.69) is 10.3 Å². The lowest BCUT2D eigenvalue weighted by molar-refractivity contribution is 0.0999. The van der Waals surface area contributed by atoms with Gasteiger partial charge in [-0.25, -0.2) is 4.79 Å². The Balaban J connectivity index is 1.41. The summed E-state index contributed by atoms with van der Waals surface area (Å²) in [7, 11) is 0. The fourth-order valence-corrected chi connectivity index (χ4v) is 3.65. The zero-order chi connectivity index (χ0) is 20.2. The summed E-state index contributed by atoms with van der Waals surface area (Å²) in [5, 5.41) is 2.98. The first-order valence-electron chi connectivity index (χ1n) is 9.55. The van der Waals surface area contributed by atoms with E-state index in [1.165, 1.54) is 0 Å². The molecule has 0 saturated heterocycles. The molecule has 0 radical (unpaired) electrons. The minimum atomic E-state index is -0.424. The largest absolute Gasteiger partial charge is 0.366 e. The number of primary amides is 1. The highest BCUT2D eigenvalue weighted by Gasteiger charge is 2.23. The Bertz CT molecular complexity index is 1050. The highest BCUT2D eigenvalue weighted by Crippen LogP contribution is 2.23. The Hall–Kier alpha value is -3.67. The third kappa shape index (κ3) is 4.11. The average molecular weight is 386 g/mol. The molecule has 3 N–H and O–H groups in total. The Morgan fingerprint density at radius 2 is 1.90 bits per heavy atom. The molecule has 0 unspecified atom stereocenters. The molecule has 0 atom stereocenters. The molecule has 0 fully saturated rings. The minimum Gasteiger partial charge on any atom is -0.366 e. The van der Waals surface area contributed by atoms with E-state index in [0.29, 0.717) is 31.6 Å². The van der Waals surface area contributed by atoms with E-state index in [1.54, 1.807) is 17.2 Å². The topological polar surface area (TPSA) is 88.3 Å². The summed E-state index contributed by atoms with van der Waals surface area (Å²) in [5.41, 5.74) is 10.8. The second-order valence-corrected chi connectivity index (χ2v) is 7.05. The third-order valence-electron chi connectivity index (χ3n) is 5.16. The first-order chi connectivity index (χ1) is 14.1. The maximum absolute atomic E-state index is 12.7. The number of aromatic nitrogens is 1. The van der Waals surface area contributed by atoms with Crippen molar-refractivity contribution in [2.75, 3.05) is 6.54 Å². The summed E-state index contributed by atoms with van der Waals surface area (Å²) in [6, 6.07) is 19.2. The van der Waals surface area contributed by atoms with Crippen LogP contribution in [0.3, 0.4) is 0 Å². The van der Waals surface area contributed by atoms with Crippen LogP contribution in [0.5, 0.6) is 0 Å². The summed E-state index contributed by atoms with van der Waals surface area (Å²) < 4.78 is 0. The molecule has 1 aliphatic heterocycles. The molecule has 6 nitrogen and oxygen atoms in total. The number of carbonyl (C=O) groups excluding carboxylic acids is 2. The molecular formula is C23H22N4O2. The molecule has 0 saturated carbocycles. The molecule has 2 aromatic carbocycles. The van der Waals surface area contributed by atoms with Crippen LogP contribution in [0.2, 0.25) is 0 Å². The maximum atomic E-state index is 12.7. The molecule has 3 aromatic rings. The van der Waals surface area contributed by atoms with Gasteiger partial charge in [-0.1, -0.05) is 42.5 Å². The Morgan fingerprint density at radius 1 is 1.07 bits per heavy atom. The summed E-state index contributed by atoms with van der Waals surface area (Å²) in [6.07, 6.45) is 2.38. The maximum Gasteiger partial charge on any atom is 0.317 e. The zero-order valence-corrected chi connectivity index (χ0v) is 16.0.